The summed E-state index contributed by atoms with van der Waals surface area (Å²) in [7, 11) is 0. The lowest BCUT2D eigenvalue weighted by atomic mass is 10.2. The maximum atomic E-state index is 12.9. The lowest BCUT2D eigenvalue weighted by Gasteiger charge is -2.06. The van der Waals surface area contributed by atoms with Crippen LogP contribution in [-0.2, 0) is 0 Å². The quantitative estimate of drug-likeness (QED) is 0.549. The molecule has 0 bridgehead atoms. The van der Waals surface area contributed by atoms with Crippen LogP contribution in [0.2, 0.25) is 0 Å². The third kappa shape index (κ3) is 3.94. The molecule has 1 rings (SSSR count). The normalized spacial score (nSPS) is 9.73. The van der Waals surface area contributed by atoms with Gasteiger partial charge in [-0.05, 0) is 19.1 Å². The number of rotatable bonds is 5. The average Bonchev–Trinajstić information content (AvgIpc) is 2.16. The first-order chi connectivity index (χ1) is 7.11. The molecule has 0 aliphatic rings. The fourth-order valence-electron chi connectivity index (χ4n) is 1.08. The maximum absolute atomic E-state index is 12.9. The highest BCUT2D eigenvalue weighted by Crippen LogP contribution is 2.15. The molecule has 0 aliphatic carbocycles. The SMILES string of the molecule is C=C(C)CCOc1cc(F)cc(C=O)c1. The molecule has 0 spiro atoms. The molecule has 0 fully saturated rings. The fraction of sp³-hybridized carbons (Fsp3) is 0.250. The van der Waals surface area contributed by atoms with E-state index >= 15 is 0 Å². The van der Waals surface area contributed by atoms with E-state index in [1.807, 2.05) is 6.92 Å². The standard InChI is InChI=1S/C12H13FO2/c1-9(2)3-4-15-12-6-10(8-14)5-11(13)7-12/h5-8H,1,3-4H2,2H3. The summed E-state index contributed by atoms with van der Waals surface area (Å²) in [6.45, 7) is 6.06. The molecule has 80 valence electrons. The molecular weight excluding hydrogens is 195 g/mol. The summed E-state index contributed by atoms with van der Waals surface area (Å²) in [6, 6.07) is 3.93. The minimum Gasteiger partial charge on any atom is -0.493 e. The molecular formula is C12H13FO2. The Morgan fingerprint density at radius 1 is 1.53 bits per heavy atom. The minimum absolute atomic E-state index is 0.278. The fourth-order valence-corrected chi connectivity index (χ4v) is 1.08. The first-order valence-electron chi connectivity index (χ1n) is 4.65. The molecule has 1 aromatic carbocycles. The van der Waals surface area contributed by atoms with Crippen LogP contribution in [0.3, 0.4) is 0 Å². The van der Waals surface area contributed by atoms with Crippen LogP contribution in [0, 0.1) is 5.82 Å². The van der Waals surface area contributed by atoms with Crippen molar-refractivity contribution in [3.63, 3.8) is 0 Å². The van der Waals surface area contributed by atoms with Crippen molar-refractivity contribution in [3.05, 3.63) is 41.7 Å². The van der Waals surface area contributed by atoms with Gasteiger partial charge in [0, 0.05) is 18.1 Å². The third-order valence-electron chi connectivity index (χ3n) is 1.83. The largest absolute Gasteiger partial charge is 0.493 e. The summed E-state index contributed by atoms with van der Waals surface area (Å²) in [6.07, 6.45) is 1.31. The second-order valence-corrected chi connectivity index (χ2v) is 3.39. The Hall–Kier alpha value is -1.64. The molecule has 0 radical (unpaired) electrons. The van der Waals surface area contributed by atoms with Gasteiger partial charge in [0.1, 0.15) is 17.9 Å². The van der Waals surface area contributed by atoms with E-state index in [1.165, 1.54) is 18.2 Å². The van der Waals surface area contributed by atoms with Gasteiger partial charge >= 0.3 is 0 Å². The van der Waals surface area contributed by atoms with Gasteiger partial charge in [-0.25, -0.2) is 4.39 Å². The highest BCUT2D eigenvalue weighted by Gasteiger charge is 2.01. The lowest BCUT2D eigenvalue weighted by molar-refractivity contribution is 0.112. The highest BCUT2D eigenvalue weighted by molar-refractivity contribution is 5.75. The predicted molar refractivity (Wildman–Crippen MR) is 56.7 cm³/mol. The first kappa shape index (κ1) is 11.4. The van der Waals surface area contributed by atoms with E-state index in [0.717, 1.165) is 5.57 Å². The van der Waals surface area contributed by atoms with Gasteiger partial charge in [0.15, 0.2) is 0 Å². The summed E-state index contributed by atoms with van der Waals surface area (Å²) in [5, 5.41) is 0. The molecule has 0 atom stereocenters. The van der Waals surface area contributed by atoms with Gasteiger partial charge < -0.3 is 4.74 Å². The Kier molecular flexibility index (Phi) is 4.03. The number of halogens is 1. The molecule has 0 unspecified atom stereocenters. The molecule has 0 amide bonds. The molecule has 15 heavy (non-hydrogen) atoms. The van der Waals surface area contributed by atoms with Crippen LogP contribution < -0.4 is 4.74 Å². The summed E-state index contributed by atoms with van der Waals surface area (Å²) >= 11 is 0. The van der Waals surface area contributed by atoms with Crippen molar-refractivity contribution in [2.75, 3.05) is 6.61 Å². The second-order valence-electron chi connectivity index (χ2n) is 3.39. The van der Waals surface area contributed by atoms with Gasteiger partial charge in [0.05, 0.1) is 6.61 Å². The van der Waals surface area contributed by atoms with Crippen LogP contribution in [0.25, 0.3) is 0 Å². The van der Waals surface area contributed by atoms with Crippen LogP contribution >= 0.6 is 0 Å². The first-order valence-corrected chi connectivity index (χ1v) is 4.65. The average molecular weight is 208 g/mol. The van der Waals surface area contributed by atoms with E-state index in [2.05, 4.69) is 6.58 Å². The topological polar surface area (TPSA) is 26.3 Å². The number of hydrogen-bond acceptors (Lipinski definition) is 2. The monoisotopic (exact) mass is 208 g/mol. The van der Waals surface area contributed by atoms with Crippen molar-refractivity contribution in [2.45, 2.75) is 13.3 Å². The summed E-state index contributed by atoms with van der Waals surface area (Å²) in [5.74, 6) is -0.0942. The van der Waals surface area contributed by atoms with Crippen LogP contribution in [0.5, 0.6) is 5.75 Å². The third-order valence-corrected chi connectivity index (χ3v) is 1.83. The molecule has 0 saturated heterocycles. The van der Waals surface area contributed by atoms with Crippen LogP contribution in [-0.4, -0.2) is 12.9 Å². The zero-order chi connectivity index (χ0) is 11.3. The van der Waals surface area contributed by atoms with Crippen molar-refractivity contribution in [2.24, 2.45) is 0 Å². The number of carbonyl (C=O) groups excluding carboxylic acids is 1. The van der Waals surface area contributed by atoms with E-state index in [0.29, 0.717) is 25.1 Å². The van der Waals surface area contributed by atoms with Crippen molar-refractivity contribution in [1.82, 2.24) is 0 Å². The van der Waals surface area contributed by atoms with Gasteiger partial charge in [-0.1, -0.05) is 5.57 Å². The lowest BCUT2D eigenvalue weighted by Crippen LogP contribution is -1.98. The molecule has 0 N–H and O–H groups in total. The van der Waals surface area contributed by atoms with E-state index in [1.54, 1.807) is 0 Å². The van der Waals surface area contributed by atoms with Crippen LogP contribution in [0.1, 0.15) is 23.7 Å². The number of carbonyl (C=O) groups is 1. The number of benzene rings is 1. The Balaban J connectivity index is 2.64. The number of aldehydes is 1. The van der Waals surface area contributed by atoms with Gasteiger partial charge in [0.25, 0.3) is 0 Å². The smallest absolute Gasteiger partial charge is 0.150 e. The molecule has 0 heterocycles. The second kappa shape index (κ2) is 5.29. The molecule has 3 heteroatoms. The van der Waals surface area contributed by atoms with Gasteiger partial charge in [-0.2, -0.15) is 0 Å². The number of hydrogen-bond donors (Lipinski definition) is 0. The van der Waals surface area contributed by atoms with E-state index in [-0.39, 0.29) is 5.56 Å². The zero-order valence-corrected chi connectivity index (χ0v) is 8.63. The Morgan fingerprint density at radius 3 is 2.87 bits per heavy atom. The highest BCUT2D eigenvalue weighted by atomic mass is 19.1. The van der Waals surface area contributed by atoms with E-state index in [4.69, 9.17) is 4.74 Å². The molecule has 2 nitrogen and oxygen atoms in total. The summed E-state index contributed by atoms with van der Waals surface area (Å²) < 4.78 is 18.2. The Bertz CT molecular complexity index is 372. The van der Waals surface area contributed by atoms with Crippen molar-refractivity contribution < 1.29 is 13.9 Å². The predicted octanol–water partition coefficient (Wildman–Crippen LogP) is 2.98. The van der Waals surface area contributed by atoms with E-state index in [9.17, 15) is 9.18 Å². The molecule has 0 aromatic heterocycles. The van der Waals surface area contributed by atoms with Crippen molar-refractivity contribution >= 4 is 6.29 Å². The Morgan fingerprint density at radius 2 is 2.27 bits per heavy atom. The maximum Gasteiger partial charge on any atom is 0.150 e. The molecule has 0 saturated carbocycles. The summed E-state index contributed by atoms with van der Waals surface area (Å²) in [5.41, 5.74) is 1.28. The minimum atomic E-state index is -0.468. The molecule has 0 aliphatic heterocycles. The zero-order valence-electron chi connectivity index (χ0n) is 8.63. The van der Waals surface area contributed by atoms with Crippen LogP contribution in [0.4, 0.5) is 4.39 Å². The van der Waals surface area contributed by atoms with Gasteiger partial charge in [-0.15, -0.1) is 6.58 Å². The summed E-state index contributed by atoms with van der Waals surface area (Å²) in [4.78, 5) is 10.5. The van der Waals surface area contributed by atoms with Crippen LogP contribution in [0.15, 0.2) is 30.4 Å². The van der Waals surface area contributed by atoms with Crippen molar-refractivity contribution in [1.29, 1.82) is 0 Å². The van der Waals surface area contributed by atoms with E-state index < -0.39 is 5.82 Å². The van der Waals surface area contributed by atoms with Gasteiger partial charge in [0.2, 0.25) is 0 Å². The van der Waals surface area contributed by atoms with Gasteiger partial charge in [-0.3, -0.25) is 4.79 Å². The molecule has 1 aromatic rings. The number of ether oxygens (including phenoxy) is 1. The van der Waals surface area contributed by atoms with Crippen molar-refractivity contribution in [3.8, 4) is 5.75 Å². The Labute approximate surface area is 88.4 Å².